The highest BCUT2D eigenvalue weighted by Gasteiger charge is 2.23. The molecular formula is C22H35N7O2S. The zero-order chi connectivity index (χ0) is 23.0. The molecule has 2 aromatic rings. The maximum absolute atomic E-state index is 12.5. The van der Waals surface area contributed by atoms with E-state index in [1.54, 1.807) is 12.1 Å². The molecule has 1 heterocycles. The lowest BCUT2D eigenvalue weighted by Crippen LogP contribution is -2.32. The van der Waals surface area contributed by atoms with Crippen molar-refractivity contribution in [2.45, 2.75) is 51.3 Å². The predicted molar refractivity (Wildman–Crippen MR) is 128 cm³/mol. The Morgan fingerprint density at radius 1 is 0.781 bits per heavy atom. The summed E-state index contributed by atoms with van der Waals surface area (Å²) in [6.07, 6.45) is 4.11. The Kier molecular flexibility index (Phi) is 8.63. The van der Waals surface area contributed by atoms with Gasteiger partial charge in [-0.1, -0.05) is 17.7 Å². The van der Waals surface area contributed by atoms with Gasteiger partial charge in [-0.15, -0.1) is 0 Å². The van der Waals surface area contributed by atoms with Crippen molar-refractivity contribution in [3.05, 3.63) is 29.8 Å². The second-order valence-corrected chi connectivity index (χ2v) is 10.1. The van der Waals surface area contributed by atoms with Gasteiger partial charge in [-0.3, -0.25) is 0 Å². The van der Waals surface area contributed by atoms with E-state index in [-0.39, 0.29) is 0 Å². The van der Waals surface area contributed by atoms with Crippen molar-refractivity contribution < 1.29 is 8.42 Å². The summed E-state index contributed by atoms with van der Waals surface area (Å²) in [4.78, 5) is 13.5. The highest BCUT2D eigenvalue weighted by molar-refractivity contribution is 7.89. The molecule has 4 N–H and O–H groups in total. The van der Waals surface area contributed by atoms with Crippen LogP contribution in [0.3, 0.4) is 0 Å². The van der Waals surface area contributed by atoms with E-state index >= 15 is 0 Å². The number of anilines is 3. The van der Waals surface area contributed by atoms with E-state index in [2.05, 4.69) is 35.6 Å². The molecule has 1 aromatic heterocycles. The van der Waals surface area contributed by atoms with Crippen LogP contribution in [0.2, 0.25) is 0 Å². The summed E-state index contributed by atoms with van der Waals surface area (Å²) in [5, 5.41) is 9.62. The van der Waals surface area contributed by atoms with Gasteiger partial charge < -0.3 is 16.0 Å². The van der Waals surface area contributed by atoms with Crippen molar-refractivity contribution in [2.75, 3.05) is 42.1 Å². The molecule has 1 aliphatic rings. The van der Waals surface area contributed by atoms with E-state index < -0.39 is 10.0 Å². The molecule has 10 heteroatoms. The average molecular weight is 462 g/mol. The maximum Gasteiger partial charge on any atom is 0.240 e. The Labute approximate surface area is 191 Å². The van der Waals surface area contributed by atoms with Crippen LogP contribution in [0.4, 0.5) is 17.8 Å². The predicted octanol–water partition coefficient (Wildman–Crippen LogP) is 3.24. The summed E-state index contributed by atoms with van der Waals surface area (Å²) in [5.74, 6) is 2.57. The lowest BCUT2D eigenvalue weighted by atomic mass is 9.82. The normalized spacial score (nSPS) is 18.8. The topological polar surface area (TPSA) is 121 Å². The van der Waals surface area contributed by atoms with Gasteiger partial charge >= 0.3 is 0 Å². The summed E-state index contributed by atoms with van der Waals surface area (Å²) in [7, 11) is -3.45. The maximum atomic E-state index is 12.5. The minimum atomic E-state index is -3.45. The fourth-order valence-electron chi connectivity index (χ4n) is 3.83. The second-order valence-electron chi connectivity index (χ2n) is 8.30. The first-order valence-electron chi connectivity index (χ1n) is 11.4. The highest BCUT2D eigenvalue weighted by atomic mass is 32.2. The number of nitrogens with zero attached hydrogens (tertiary/aromatic N) is 3. The van der Waals surface area contributed by atoms with E-state index in [4.69, 9.17) is 0 Å². The van der Waals surface area contributed by atoms with Gasteiger partial charge in [-0.2, -0.15) is 15.0 Å². The van der Waals surface area contributed by atoms with Crippen LogP contribution in [0.1, 0.15) is 45.1 Å². The zero-order valence-corrected chi connectivity index (χ0v) is 20.0. The van der Waals surface area contributed by atoms with E-state index in [1.165, 1.54) is 0 Å². The summed E-state index contributed by atoms with van der Waals surface area (Å²) in [6, 6.07) is 6.96. The van der Waals surface area contributed by atoms with Crippen molar-refractivity contribution in [1.82, 2.24) is 19.7 Å². The van der Waals surface area contributed by atoms with Gasteiger partial charge in [-0.05, 0) is 70.4 Å². The molecule has 1 fully saturated rings. The Hall–Kier alpha value is -2.46. The van der Waals surface area contributed by atoms with Crippen LogP contribution in [-0.4, -0.2) is 49.5 Å². The average Bonchev–Trinajstić information content (AvgIpc) is 2.78. The van der Waals surface area contributed by atoms with Crippen molar-refractivity contribution in [2.24, 2.45) is 11.8 Å². The molecule has 0 amide bonds. The van der Waals surface area contributed by atoms with Crippen LogP contribution < -0.4 is 20.7 Å². The fourth-order valence-corrected chi connectivity index (χ4v) is 4.95. The highest BCUT2D eigenvalue weighted by Crippen LogP contribution is 2.29. The summed E-state index contributed by atoms with van der Waals surface area (Å²) in [5.41, 5.74) is 1.05. The Morgan fingerprint density at radius 3 is 1.75 bits per heavy atom. The van der Waals surface area contributed by atoms with Gasteiger partial charge in [-0.25, -0.2) is 13.1 Å². The smallest absolute Gasteiger partial charge is 0.240 e. The van der Waals surface area contributed by atoms with Crippen molar-refractivity contribution in [3.63, 3.8) is 0 Å². The minimum Gasteiger partial charge on any atom is -0.354 e. The molecule has 176 valence electrons. The van der Waals surface area contributed by atoms with Crippen LogP contribution in [-0.2, 0) is 10.0 Å². The standard InChI is InChI=1S/C22H35N7O2S/c1-4-23-20-27-21(24-5-2)29-22(28-20)25-14-17-8-10-18(11-9-17)15-26-32(30,31)19-12-6-16(3)7-13-19/h6-7,12-13,17-18,26H,4-5,8-11,14-15H2,1-3H3,(H3,23,24,25,27,28,29). The van der Waals surface area contributed by atoms with Crippen LogP contribution >= 0.6 is 0 Å². The van der Waals surface area contributed by atoms with Gasteiger partial charge in [0.25, 0.3) is 0 Å². The van der Waals surface area contributed by atoms with Crippen LogP contribution in [0, 0.1) is 18.8 Å². The lowest BCUT2D eigenvalue weighted by Gasteiger charge is -2.28. The molecule has 0 atom stereocenters. The summed E-state index contributed by atoms with van der Waals surface area (Å²) < 4.78 is 27.8. The largest absolute Gasteiger partial charge is 0.354 e. The van der Waals surface area contributed by atoms with Crippen LogP contribution in [0.25, 0.3) is 0 Å². The number of benzene rings is 1. The van der Waals surface area contributed by atoms with Crippen molar-refractivity contribution in [3.8, 4) is 0 Å². The number of hydrogen-bond acceptors (Lipinski definition) is 8. The lowest BCUT2D eigenvalue weighted by molar-refractivity contribution is 0.284. The second kappa shape index (κ2) is 11.4. The molecule has 0 unspecified atom stereocenters. The van der Waals surface area contributed by atoms with E-state index in [9.17, 15) is 8.42 Å². The number of sulfonamides is 1. The number of aryl methyl sites for hydroxylation is 1. The third-order valence-corrected chi connectivity index (χ3v) is 7.15. The third-order valence-electron chi connectivity index (χ3n) is 5.71. The van der Waals surface area contributed by atoms with Crippen molar-refractivity contribution in [1.29, 1.82) is 0 Å². The number of rotatable bonds is 11. The van der Waals surface area contributed by atoms with Crippen LogP contribution in [0.15, 0.2) is 29.2 Å². The molecule has 0 spiro atoms. The Morgan fingerprint density at radius 2 is 1.25 bits per heavy atom. The quantitative estimate of drug-likeness (QED) is 0.402. The first kappa shape index (κ1) is 24.2. The molecule has 0 bridgehead atoms. The molecule has 0 saturated heterocycles. The molecule has 3 rings (SSSR count). The van der Waals surface area contributed by atoms with Crippen LogP contribution in [0.5, 0.6) is 0 Å². The van der Waals surface area contributed by atoms with E-state index in [0.29, 0.717) is 41.1 Å². The SMILES string of the molecule is CCNc1nc(NCC)nc(NCC2CCC(CNS(=O)(=O)c3ccc(C)cc3)CC2)n1. The summed E-state index contributed by atoms with van der Waals surface area (Å²) >= 11 is 0. The third kappa shape index (κ3) is 7.03. The number of hydrogen-bond donors (Lipinski definition) is 4. The van der Waals surface area contributed by atoms with E-state index in [0.717, 1.165) is 50.9 Å². The molecule has 1 aliphatic carbocycles. The van der Waals surface area contributed by atoms with Crippen molar-refractivity contribution >= 4 is 27.9 Å². The van der Waals surface area contributed by atoms with Gasteiger partial charge in [0.2, 0.25) is 27.9 Å². The van der Waals surface area contributed by atoms with Gasteiger partial charge in [0.05, 0.1) is 4.90 Å². The van der Waals surface area contributed by atoms with E-state index in [1.807, 2.05) is 32.9 Å². The molecule has 1 aromatic carbocycles. The number of nitrogens with one attached hydrogen (secondary N) is 4. The first-order chi connectivity index (χ1) is 15.4. The van der Waals surface area contributed by atoms with Gasteiger partial charge in [0, 0.05) is 26.2 Å². The Balaban J connectivity index is 1.45. The monoisotopic (exact) mass is 461 g/mol. The first-order valence-corrected chi connectivity index (χ1v) is 12.9. The number of aromatic nitrogens is 3. The van der Waals surface area contributed by atoms with Gasteiger partial charge in [0.1, 0.15) is 0 Å². The molecular weight excluding hydrogens is 426 g/mol. The molecule has 0 radical (unpaired) electrons. The fraction of sp³-hybridized carbons (Fsp3) is 0.591. The minimum absolute atomic E-state index is 0.326. The molecule has 0 aliphatic heterocycles. The summed E-state index contributed by atoms with van der Waals surface area (Å²) in [6.45, 7) is 8.72. The molecule has 32 heavy (non-hydrogen) atoms. The molecule has 1 saturated carbocycles. The zero-order valence-electron chi connectivity index (χ0n) is 19.2. The Bertz CT molecular complexity index is 934. The van der Waals surface area contributed by atoms with Gasteiger partial charge in [0.15, 0.2) is 0 Å². The molecule has 9 nitrogen and oxygen atoms in total.